The molecule has 2 aromatic rings. The SMILES string of the molecule is CCCC(CC)N(C)C(=O)c1nc(C(=O)NC2CCCC2)sc1-c1cnc(NCC(F)(F)F)cc1C(F)F. The average Bonchev–Trinajstić information content (AvgIpc) is 3.55. The standard InChI is InChI=1S/C25H32F5N5O2S/c1-4-8-15(5-2)35(3)24(37)19-20(38-23(34-19)22(36)33-14-9-6-7-10-14)17-12-31-18(11-16(17)21(26)27)32-13-25(28,29)30/h11-12,14-15,21H,4-10,13H2,1-3H3,(H,31,32)(H,33,36). The summed E-state index contributed by atoms with van der Waals surface area (Å²) in [6.07, 6.45) is -0.852. The Labute approximate surface area is 222 Å². The fourth-order valence-corrected chi connectivity index (χ4v) is 5.52. The number of carbonyl (C=O) groups excluding carboxylic acids is 2. The highest BCUT2D eigenvalue weighted by Gasteiger charge is 2.31. The van der Waals surface area contributed by atoms with Gasteiger partial charge in [0.25, 0.3) is 18.2 Å². The molecule has 1 aliphatic rings. The molecule has 1 atom stereocenters. The Morgan fingerprint density at radius 3 is 2.47 bits per heavy atom. The Hall–Kier alpha value is -2.83. The zero-order chi connectivity index (χ0) is 28.0. The molecule has 13 heteroatoms. The predicted molar refractivity (Wildman–Crippen MR) is 136 cm³/mol. The summed E-state index contributed by atoms with van der Waals surface area (Å²) in [4.78, 5) is 36.2. The minimum Gasteiger partial charge on any atom is -0.361 e. The Balaban J connectivity index is 2.05. The first-order valence-corrected chi connectivity index (χ1v) is 13.4. The van der Waals surface area contributed by atoms with Crippen LogP contribution >= 0.6 is 11.3 Å². The van der Waals surface area contributed by atoms with Crippen LogP contribution in [0.3, 0.4) is 0 Å². The van der Waals surface area contributed by atoms with Crippen molar-refractivity contribution in [1.82, 2.24) is 20.2 Å². The number of amides is 2. The zero-order valence-electron chi connectivity index (χ0n) is 21.5. The quantitative estimate of drug-likeness (QED) is 0.309. The number of nitrogens with zero attached hydrogens (tertiary/aromatic N) is 3. The van der Waals surface area contributed by atoms with E-state index < -0.39 is 36.5 Å². The minimum atomic E-state index is -4.57. The smallest absolute Gasteiger partial charge is 0.361 e. The molecule has 2 heterocycles. The molecular weight excluding hydrogens is 529 g/mol. The first kappa shape index (κ1) is 29.7. The van der Waals surface area contributed by atoms with E-state index in [0.717, 1.165) is 62.1 Å². The molecule has 1 aliphatic carbocycles. The van der Waals surface area contributed by atoms with Crippen LogP contribution in [-0.2, 0) is 0 Å². The van der Waals surface area contributed by atoms with Gasteiger partial charge in [-0.25, -0.2) is 18.7 Å². The van der Waals surface area contributed by atoms with Crippen LogP contribution in [0.25, 0.3) is 10.4 Å². The van der Waals surface area contributed by atoms with Gasteiger partial charge in [0.2, 0.25) is 0 Å². The van der Waals surface area contributed by atoms with Crippen molar-refractivity contribution in [2.75, 3.05) is 18.9 Å². The molecule has 0 aromatic carbocycles. The van der Waals surface area contributed by atoms with Crippen LogP contribution in [-0.4, -0.2) is 58.5 Å². The van der Waals surface area contributed by atoms with Crippen molar-refractivity contribution in [2.45, 2.75) is 83.5 Å². The maximum absolute atomic E-state index is 14.1. The van der Waals surface area contributed by atoms with Gasteiger partial charge < -0.3 is 15.5 Å². The highest BCUT2D eigenvalue weighted by Crippen LogP contribution is 2.38. The first-order chi connectivity index (χ1) is 17.9. The van der Waals surface area contributed by atoms with Gasteiger partial charge in [-0.2, -0.15) is 13.2 Å². The van der Waals surface area contributed by atoms with Crippen molar-refractivity contribution in [1.29, 1.82) is 0 Å². The number of carbonyl (C=O) groups is 2. The summed E-state index contributed by atoms with van der Waals surface area (Å²) < 4.78 is 66.1. The van der Waals surface area contributed by atoms with Gasteiger partial charge in [-0.05, 0) is 31.7 Å². The predicted octanol–water partition coefficient (Wildman–Crippen LogP) is 6.44. The second-order valence-corrected chi connectivity index (χ2v) is 10.3. The third-order valence-electron chi connectivity index (χ3n) is 6.56. The normalized spacial score (nSPS) is 15.1. The molecule has 38 heavy (non-hydrogen) atoms. The lowest BCUT2D eigenvalue weighted by atomic mass is 10.1. The number of anilines is 1. The van der Waals surface area contributed by atoms with Crippen LogP contribution in [0.15, 0.2) is 12.3 Å². The second kappa shape index (κ2) is 12.8. The number of halogens is 5. The van der Waals surface area contributed by atoms with E-state index >= 15 is 0 Å². The van der Waals surface area contributed by atoms with Crippen molar-refractivity contribution in [3.05, 3.63) is 28.5 Å². The molecule has 3 rings (SSSR count). The topological polar surface area (TPSA) is 87.2 Å². The molecule has 0 spiro atoms. The van der Waals surface area contributed by atoms with Crippen molar-refractivity contribution in [3.8, 4) is 10.4 Å². The molecule has 2 aromatic heterocycles. The van der Waals surface area contributed by atoms with Crippen molar-refractivity contribution in [2.24, 2.45) is 0 Å². The summed E-state index contributed by atoms with van der Waals surface area (Å²) in [6.45, 7) is 2.46. The Kier molecular flexibility index (Phi) is 10.0. The van der Waals surface area contributed by atoms with Crippen LogP contribution in [0, 0.1) is 0 Å². The fourth-order valence-electron chi connectivity index (χ4n) is 4.53. The van der Waals surface area contributed by atoms with Gasteiger partial charge in [0.15, 0.2) is 5.01 Å². The van der Waals surface area contributed by atoms with E-state index in [0.29, 0.717) is 6.42 Å². The zero-order valence-corrected chi connectivity index (χ0v) is 22.3. The molecule has 1 saturated carbocycles. The molecule has 7 nitrogen and oxygen atoms in total. The van der Waals surface area contributed by atoms with E-state index in [2.05, 4.69) is 15.3 Å². The van der Waals surface area contributed by atoms with Crippen LogP contribution in [0.5, 0.6) is 0 Å². The molecule has 0 bridgehead atoms. The lowest BCUT2D eigenvalue weighted by molar-refractivity contribution is -0.115. The number of alkyl halides is 5. The number of hydrogen-bond donors (Lipinski definition) is 2. The number of nitrogens with one attached hydrogen (secondary N) is 2. The Morgan fingerprint density at radius 1 is 1.21 bits per heavy atom. The Bertz CT molecular complexity index is 1120. The molecule has 2 amide bonds. The summed E-state index contributed by atoms with van der Waals surface area (Å²) in [6, 6.07) is 0.676. The maximum Gasteiger partial charge on any atom is 0.405 e. The summed E-state index contributed by atoms with van der Waals surface area (Å²) in [5.41, 5.74) is -0.938. The fraction of sp³-hybridized carbons (Fsp3) is 0.600. The number of pyridine rings is 1. The number of rotatable bonds is 11. The molecule has 0 radical (unpaired) electrons. The van der Waals surface area contributed by atoms with E-state index in [1.54, 1.807) is 7.05 Å². The van der Waals surface area contributed by atoms with Gasteiger partial charge in [0.05, 0.1) is 4.88 Å². The van der Waals surface area contributed by atoms with Gasteiger partial charge in [-0.1, -0.05) is 33.1 Å². The first-order valence-electron chi connectivity index (χ1n) is 12.6. The largest absolute Gasteiger partial charge is 0.405 e. The summed E-state index contributed by atoms with van der Waals surface area (Å²) in [5.74, 6) is -1.42. The van der Waals surface area contributed by atoms with E-state index in [9.17, 15) is 31.5 Å². The summed E-state index contributed by atoms with van der Waals surface area (Å²) in [7, 11) is 1.60. The van der Waals surface area contributed by atoms with Gasteiger partial charge in [0, 0.05) is 36.5 Å². The van der Waals surface area contributed by atoms with E-state index in [1.807, 2.05) is 19.2 Å². The van der Waals surface area contributed by atoms with Crippen LogP contribution < -0.4 is 10.6 Å². The van der Waals surface area contributed by atoms with Crippen LogP contribution in [0.2, 0.25) is 0 Å². The minimum absolute atomic E-state index is 0.0231. The maximum atomic E-state index is 14.1. The summed E-state index contributed by atoms with van der Waals surface area (Å²) >= 11 is 0.793. The van der Waals surface area contributed by atoms with Crippen molar-refractivity contribution < 1.29 is 31.5 Å². The number of aromatic nitrogens is 2. The van der Waals surface area contributed by atoms with E-state index in [4.69, 9.17) is 0 Å². The van der Waals surface area contributed by atoms with Gasteiger partial charge >= 0.3 is 6.18 Å². The van der Waals surface area contributed by atoms with Crippen LogP contribution in [0.1, 0.15) is 91.1 Å². The third-order valence-corrected chi connectivity index (χ3v) is 7.65. The highest BCUT2D eigenvalue weighted by atomic mass is 32.1. The van der Waals surface area contributed by atoms with Crippen LogP contribution in [0.4, 0.5) is 27.8 Å². The molecule has 0 aliphatic heterocycles. The molecular formula is C25H32F5N5O2S. The monoisotopic (exact) mass is 561 g/mol. The average molecular weight is 562 g/mol. The molecule has 1 unspecified atom stereocenters. The number of hydrogen-bond acceptors (Lipinski definition) is 6. The molecule has 1 fully saturated rings. The van der Waals surface area contributed by atoms with E-state index in [-0.39, 0.29) is 39.0 Å². The molecule has 2 N–H and O–H groups in total. The van der Waals surface area contributed by atoms with Gasteiger partial charge in [-0.15, -0.1) is 11.3 Å². The Morgan fingerprint density at radius 2 is 1.89 bits per heavy atom. The summed E-state index contributed by atoms with van der Waals surface area (Å²) in [5, 5.41) is 4.83. The third kappa shape index (κ3) is 7.39. The van der Waals surface area contributed by atoms with Crippen molar-refractivity contribution in [3.63, 3.8) is 0 Å². The second-order valence-electron chi connectivity index (χ2n) is 9.34. The lowest BCUT2D eigenvalue weighted by Gasteiger charge is -2.27. The van der Waals surface area contributed by atoms with Gasteiger partial charge in [0.1, 0.15) is 18.1 Å². The molecule has 210 valence electrons. The number of thiazole rings is 1. The lowest BCUT2D eigenvalue weighted by Crippen LogP contribution is -2.37. The molecule has 0 saturated heterocycles. The van der Waals surface area contributed by atoms with Gasteiger partial charge in [-0.3, -0.25) is 9.59 Å². The highest BCUT2D eigenvalue weighted by molar-refractivity contribution is 7.17. The van der Waals surface area contributed by atoms with Crippen molar-refractivity contribution >= 4 is 29.0 Å². The van der Waals surface area contributed by atoms with E-state index in [1.165, 1.54) is 4.90 Å².